The number of aliphatic hydroxyl groups excluding tert-OH is 1. The average molecular weight is 348 g/mol. The lowest BCUT2D eigenvalue weighted by atomic mass is 10.1. The molecule has 0 aromatic rings. The van der Waals surface area contributed by atoms with Gasteiger partial charge in [0, 0.05) is 13.7 Å². The molecule has 0 aliphatic rings. The third kappa shape index (κ3) is 6.56. The minimum absolute atomic E-state index is 0.00360. The van der Waals surface area contributed by atoms with Gasteiger partial charge in [-0.1, -0.05) is 12.8 Å². The Balaban J connectivity index is 5.04. The molecule has 0 rings (SSSR count). The molecule has 0 amide bonds. The summed E-state index contributed by atoms with van der Waals surface area (Å²) in [4.78, 5) is 0. The molecular weight excluding hydrogens is 321 g/mol. The predicted octanol–water partition coefficient (Wildman–Crippen LogP) is 3.39. The zero-order valence-corrected chi connectivity index (χ0v) is 14.3. The van der Waals surface area contributed by atoms with Gasteiger partial charge in [-0.25, -0.2) is 0 Å². The number of aliphatic hydroxyl groups is 1. The fraction of sp³-hybridized carbons (Fsp3) is 1.00. The SMILES string of the molecule is CCOP(=O)(OCC)C(F)(F)C(CCCCCO)OCOC. The molecule has 0 bridgehead atoms. The predicted molar refractivity (Wildman–Crippen MR) is 78.1 cm³/mol. The second kappa shape index (κ2) is 11.4. The highest BCUT2D eigenvalue weighted by Gasteiger charge is 2.59. The highest BCUT2D eigenvalue weighted by molar-refractivity contribution is 7.55. The maximum atomic E-state index is 14.6. The number of rotatable bonds is 14. The molecule has 1 unspecified atom stereocenters. The van der Waals surface area contributed by atoms with Crippen molar-refractivity contribution in [2.45, 2.75) is 51.3 Å². The monoisotopic (exact) mass is 348 g/mol. The van der Waals surface area contributed by atoms with Gasteiger partial charge < -0.3 is 23.6 Å². The number of unbranched alkanes of at least 4 members (excludes halogenated alkanes) is 2. The van der Waals surface area contributed by atoms with E-state index >= 15 is 0 Å². The lowest BCUT2D eigenvalue weighted by Crippen LogP contribution is -2.37. The largest absolute Gasteiger partial charge is 0.402 e. The molecule has 1 atom stereocenters. The zero-order valence-electron chi connectivity index (χ0n) is 13.4. The van der Waals surface area contributed by atoms with E-state index in [1.807, 2.05) is 0 Å². The fourth-order valence-corrected chi connectivity index (χ4v) is 3.51. The highest BCUT2D eigenvalue weighted by Crippen LogP contribution is 2.64. The third-order valence-corrected chi connectivity index (χ3v) is 5.08. The van der Waals surface area contributed by atoms with Gasteiger partial charge in [-0.2, -0.15) is 8.78 Å². The molecule has 0 aromatic carbocycles. The molecule has 0 aromatic heterocycles. The van der Waals surface area contributed by atoms with Gasteiger partial charge in [0.25, 0.3) is 0 Å². The van der Waals surface area contributed by atoms with Crippen LogP contribution in [0.3, 0.4) is 0 Å². The van der Waals surface area contributed by atoms with Crippen LogP contribution in [0.15, 0.2) is 0 Å². The van der Waals surface area contributed by atoms with Crippen molar-refractivity contribution < 1.29 is 37.0 Å². The van der Waals surface area contributed by atoms with E-state index in [9.17, 15) is 13.3 Å². The van der Waals surface area contributed by atoms with Gasteiger partial charge in [-0.15, -0.1) is 0 Å². The Kier molecular flexibility index (Phi) is 11.4. The van der Waals surface area contributed by atoms with Gasteiger partial charge in [0.2, 0.25) is 0 Å². The first-order chi connectivity index (χ1) is 10.4. The number of hydrogen-bond acceptors (Lipinski definition) is 6. The van der Waals surface area contributed by atoms with Crippen LogP contribution in [0, 0.1) is 0 Å². The van der Waals surface area contributed by atoms with Crippen LogP contribution in [-0.2, 0) is 23.1 Å². The van der Waals surface area contributed by atoms with Gasteiger partial charge in [-0.05, 0) is 26.7 Å². The van der Waals surface area contributed by atoms with Crippen LogP contribution >= 0.6 is 7.60 Å². The molecule has 0 aliphatic heterocycles. The summed E-state index contributed by atoms with van der Waals surface area (Å²) in [5.74, 6) is 0. The van der Waals surface area contributed by atoms with Crippen LogP contribution < -0.4 is 0 Å². The van der Waals surface area contributed by atoms with Crippen molar-refractivity contribution >= 4 is 7.60 Å². The minimum Gasteiger partial charge on any atom is -0.396 e. The summed E-state index contributed by atoms with van der Waals surface area (Å²) < 4.78 is 60.7. The fourth-order valence-electron chi connectivity index (χ4n) is 1.85. The van der Waals surface area contributed by atoms with Crippen molar-refractivity contribution in [1.29, 1.82) is 0 Å². The summed E-state index contributed by atoms with van der Waals surface area (Å²) in [6, 6.07) is 0. The molecule has 22 heavy (non-hydrogen) atoms. The minimum atomic E-state index is -4.64. The van der Waals surface area contributed by atoms with Crippen LogP contribution in [0.4, 0.5) is 8.78 Å². The van der Waals surface area contributed by atoms with E-state index in [0.29, 0.717) is 19.3 Å². The van der Waals surface area contributed by atoms with Crippen molar-refractivity contribution in [3.05, 3.63) is 0 Å². The molecular formula is C13H27F2O6P. The van der Waals surface area contributed by atoms with Crippen molar-refractivity contribution in [3.8, 4) is 0 Å². The second-order valence-corrected chi connectivity index (χ2v) is 6.66. The molecule has 0 saturated heterocycles. The number of halogens is 2. The first kappa shape index (κ1) is 21.9. The maximum absolute atomic E-state index is 14.6. The van der Waals surface area contributed by atoms with Crippen molar-refractivity contribution in [2.75, 3.05) is 33.7 Å². The molecule has 9 heteroatoms. The van der Waals surface area contributed by atoms with Gasteiger partial charge >= 0.3 is 13.3 Å². The number of alkyl halides is 2. The summed E-state index contributed by atoms with van der Waals surface area (Å²) in [5, 5.41) is 8.72. The quantitative estimate of drug-likeness (QED) is 0.295. The molecule has 0 heterocycles. The topological polar surface area (TPSA) is 74.2 Å². The van der Waals surface area contributed by atoms with E-state index in [1.165, 1.54) is 21.0 Å². The van der Waals surface area contributed by atoms with Crippen LogP contribution in [0.2, 0.25) is 0 Å². The molecule has 1 N–H and O–H groups in total. The number of ether oxygens (including phenoxy) is 2. The van der Waals surface area contributed by atoms with Crippen LogP contribution in [0.5, 0.6) is 0 Å². The highest BCUT2D eigenvalue weighted by atomic mass is 31.2. The van der Waals surface area contributed by atoms with Crippen LogP contribution in [0.1, 0.15) is 39.5 Å². The van der Waals surface area contributed by atoms with E-state index in [1.54, 1.807) is 0 Å². The van der Waals surface area contributed by atoms with Gasteiger partial charge in [0.1, 0.15) is 12.9 Å². The smallest absolute Gasteiger partial charge is 0.396 e. The summed E-state index contributed by atoms with van der Waals surface area (Å²) in [6.07, 6.45) is -0.219. The maximum Gasteiger partial charge on any atom is 0.402 e. The van der Waals surface area contributed by atoms with Gasteiger partial charge in [-0.3, -0.25) is 4.57 Å². The Morgan fingerprint density at radius 1 is 1.14 bits per heavy atom. The molecule has 134 valence electrons. The molecule has 0 spiro atoms. The standard InChI is InChI=1S/C13H27F2O6P/c1-4-20-22(17,21-5-2)13(14,15)12(19-11-18-3)9-7-6-8-10-16/h12,16H,4-11H2,1-3H3. The Hall–Kier alpha value is -0.110. The first-order valence-electron chi connectivity index (χ1n) is 7.38. The Morgan fingerprint density at radius 2 is 1.73 bits per heavy atom. The lowest BCUT2D eigenvalue weighted by molar-refractivity contribution is -0.151. The molecule has 0 fully saturated rings. The van der Waals surface area contributed by atoms with Crippen molar-refractivity contribution in [2.24, 2.45) is 0 Å². The molecule has 0 aliphatic carbocycles. The lowest BCUT2D eigenvalue weighted by Gasteiger charge is -2.31. The van der Waals surface area contributed by atoms with Crippen molar-refractivity contribution in [1.82, 2.24) is 0 Å². The summed E-state index contributed by atoms with van der Waals surface area (Å²) in [6.45, 7) is 2.26. The van der Waals surface area contributed by atoms with Crippen LogP contribution in [0.25, 0.3) is 0 Å². The Bertz CT molecular complexity index is 320. The number of methoxy groups -OCH3 is 1. The average Bonchev–Trinajstić information content (AvgIpc) is 2.46. The Morgan fingerprint density at radius 3 is 2.18 bits per heavy atom. The second-order valence-electron chi connectivity index (χ2n) is 4.56. The van der Waals surface area contributed by atoms with Crippen molar-refractivity contribution in [3.63, 3.8) is 0 Å². The summed E-state index contributed by atoms with van der Waals surface area (Å²) in [5.41, 5.74) is -3.78. The molecule has 6 nitrogen and oxygen atoms in total. The third-order valence-electron chi connectivity index (χ3n) is 2.86. The van der Waals surface area contributed by atoms with Gasteiger partial charge in [0.15, 0.2) is 0 Å². The van der Waals surface area contributed by atoms with E-state index in [2.05, 4.69) is 4.74 Å². The van der Waals surface area contributed by atoms with Crippen LogP contribution in [-0.4, -0.2) is 50.6 Å². The zero-order chi connectivity index (χ0) is 17.1. The van der Waals surface area contributed by atoms with E-state index in [0.717, 1.165) is 0 Å². The van der Waals surface area contributed by atoms with E-state index in [4.69, 9.17) is 18.9 Å². The summed E-state index contributed by atoms with van der Waals surface area (Å²) in [7, 11) is -3.33. The normalized spacial score (nSPS) is 14.3. The van der Waals surface area contributed by atoms with Gasteiger partial charge in [0.05, 0.1) is 13.2 Å². The van der Waals surface area contributed by atoms with E-state index < -0.39 is 19.4 Å². The Labute approximate surface area is 130 Å². The molecule has 0 saturated carbocycles. The number of hydrogen-bond donors (Lipinski definition) is 1. The molecule has 0 radical (unpaired) electrons. The summed E-state index contributed by atoms with van der Waals surface area (Å²) >= 11 is 0. The first-order valence-corrected chi connectivity index (χ1v) is 8.92. The van der Waals surface area contributed by atoms with E-state index in [-0.39, 0.29) is 33.0 Å².